The number of sulfone groups is 1. The molecular weight excluding hydrogens is 420 g/mol. The van der Waals surface area contributed by atoms with Gasteiger partial charge in [-0.25, -0.2) is 8.42 Å². The Morgan fingerprint density at radius 2 is 1.61 bits per heavy atom. The molecule has 2 aromatic carbocycles. The molecule has 1 fully saturated rings. The fraction of sp³-hybridized carbons (Fsp3) is 0.409. The van der Waals surface area contributed by atoms with Crippen LogP contribution < -0.4 is 24.8 Å². The van der Waals surface area contributed by atoms with Gasteiger partial charge in [-0.05, 0) is 31.0 Å². The van der Waals surface area contributed by atoms with Gasteiger partial charge < -0.3 is 24.8 Å². The van der Waals surface area contributed by atoms with E-state index in [0.29, 0.717) is 41.5 Å². The molecule has 8 nitrogen and oxygen atoms in total. The first-order valence-corrected chi connectivity index (χ1v) is 11.6. The Morgan fingerprint density at radius 1 is 0.968 bits per heavy atom. The molecule has 168 valence electrons. The third-order valence-corrected chi connectivity index (χ3v) is 7.57. The normalized spacial score (nSPS) is 14.2. The van der Waals surface area contributed by atoms with E-state index in [1.807, 2.05) is 0 Å². The monoisotopic (exact) mass is 448 g/mol. The number of anilines is 2. The molecule has 1 aliphatic rings. The number of nitrogens with one attached hydrogen (secondary N) is 2. The van der Waals surface area contributed by atoms with Crippen molar-refractivity contribution in [2.75, 3.05) is 38.5 Å². The van der Waals surface area contributed by atoms with Crippen molar-refractivity contribution in [1.29, 1.82) is 0 Å². The summed E-state index contributed by atoms with van der Waals surface area (Å²) in [5.74, 6) is 0.976. The summed E-state index contributed by atoms with van der Waals surface area (Å²) >= 11 is 0. The number of carbonyl (C=O) groups excluding carboxylic acids is 1. The summed E-state index contributed by atoms with van der Waals surface area (Å²) < 4.78 is 41.4. The third-order valence-electron chi connectivity index (χ3n) is 5.31. The maximum atomic E-state index is 12.8. The molecular formula is C22H28N2O6S. The van der Waals surface area contributed by atoms with Crippen LogP contribution in [0.4, 0.5) is 11.4 Å². The minimum absolute atomic E-state index is 0.0381. The second-order valence-electron chi connectivity index (χ2n) is 7.30. The van der Waals surface area contributed by atoms with Crippen molar-refractivity contribution in [3.05, 3.63) is 36.4 Å². The molecule has 0 spiro atoms. The Hall–Kier alpha value is -2.94. The number of carbonyl (C=O) groups is 1. The highest BCUT2D eigenvalue weighted by molar-refractivity contribution is 7.92. The lowest BCUT2D eigenvalue weighted by atomic mass is 10.2. The summed E-state index contributed by atoms with van der Waals surface area (Å²) in [6, 6.07) is 9.87. The number of amides is 1. The summed E-state index contributed by atoms with van der Waals surface area (Å²) in [6.07, 6.45) is 3.31. The standard InChI is InChI=1S/C22H28N2O6S/c1-28-19-12-16(13-20(29-2)22(19)30-3)24-21(25)14-23-15-7-6-10-18(11-15)31(26,27)17-8-4-5-9-17/h6-7,10-13,17,23H,4-5,8-9,14H2,1-3H3,(H,24,25). The molecule has 0 unspecified atom stereocenters. The molecule has 1 amide bonds. The zero-order chi connectivity index (χ0) is 22.4. The highest BCUT2D eigenvalue weighted by atomic mass is 32.2. The van der Waals surface area contributed by atoms with Gasteiger partial charge in [0.15, 0.2) is 21.3 Å². The highest BCUT2D eigenvalue weighted by Gasteiger charge is 2.30. The molecule has 0 bridgehead atoms. The van der Waals surface area contributed by atoms with Crippen molar-refractivity contribution in [3.63, 3.8) is 0 Å². The Morgan fingerprint density at radius 3 is 2.19 bits per heavy atom. The molecule has 3 rings (SSSR count). The van der Waals surface area contributed by atoms with Crippen molar-refractivity contribution < 1.29 is 27.4 Å². The van der Waals surface area contributed by atoms with Crippen LogP contribution in [0.3, 0.4) is 0 Å². The van der Waals surface area contributed by atoms with E-state index >= 15 is 0 Å². The van der Waals surface area contributed by atoms with E-state index in [9.17, 15) is 13.2 Å². The number of hydrogen-bond donors (Lipinski definition) is 2. The summed E-state index contributed by atoms with van der Waals surface area (Å²) in [5.41, 5.74) is 1.05. The quantitative estimate of drug-likeness (QED) is 0.605. The Labute approximate surface area is 182 Å². The molecule has 2 aromatic rings. The van der Waals surface area contributed by atoms with E-state index in [1.165, 1.54) is 21.3 Å². The number of ether oxygens (including phenoxy) is 3. The Kier molecular flexibility index (Phi) is 7.27. The zero-order valence-corrected chi connectivity index (χ0v) is 18.8. The number of methoxy groups -OCH3 is 3. The zero-order valence-electron chi connectivity index (χ0n) is 17.9. The number of hydrogen-bond acceptors (Lipinski definition) is 7. The molecule has 0 radical (unpaired) electrons. The van der Waals surface area contributed by atoms with Crippen LogP contribution in [0.25, 0.3) is 0 Å². The van der Waals surface area contributed by atoms with Crippen LogP contribution in [-0.4, -0.2) is 47.4 Å². The first kappa shape index (κ1) is 22.7. The second kappa shape index (κ2) is 9.91. The van der Waals surface area contributed by atoms with E-state index in [1.54, 1.807) is 36.4 Å². The number of rotatable bonds is 9. The second-order valence-corrected chi connectivity index (χ2v) is 9.52. The molecule has 31 heavy (non-hydrogen) atoms. The van der Waals surface area contributed by atoms with Gasteiger partial charge in [-0.3, -0.25) is 4.79 Å². The molecule has 0 saturated heterocycles. The van der Waals surface area contributed by atoms with Crippen LogP contribution >= 0.6 is 0 Å². The molecule has 0 heterocycles. The van der Waals surface area contributed by atoms with Crippen molar-refractivity contribution in [3.8, 4) is 17.2 Å². The van der Waals surface area contributed by atoms with Gasteiger partial charge in [0.2, 0.25) is 11.7 Å². The van der Waals surface area contributed by atoms with Crippen LogP contribution in [0.15, 0.2) is 41.3 Å². The summed E-state index contributed by atoms with van der Waals surface area (Å²) in [6.45, 7) is -0.0381. The maximum Gasteiger partial charge on any atom is 0.243 e. The lowest BCUT2D eigenvalue weighted by Gasteiger charge is -2.15. The van der Waals surface area contributed by atoms with Crippen LogP contribution in [-0.2, 0) is 14.6 Å². The fourth-order valence-corrected chi connectivity index (χ4v) is 5.61. The summed E-state index contributed by atoms with van der Waals surface area (Å²) in [7, 11) is 1.15. The van der Waals surface area contributed by atoms with Crippen LogP contribution in [0, 0.1) is 0 Å². The fourth-order valence-electron chi connectivity index (χ4n) is 3.71. The van der Waals surface area contributed by atoms with Crippen molar-refractivity contribution in [2.24, 2.45) is 0 Å². The maximum absolute atomic E-state index is 12.8. The molecule has 9 heteroatoms. The first-order chi connectivity index (χ1) is 14.9. The van der Waals surface area contributed by atoms with E-state index in [-0.39, 0.29) is 22.6 Å². The predicted octanol–water partition coefficient (Wildman–Crippen LogP) is 3.48. The van der Waals surface area contributed by atoms with Crippen molar-refractivity contribution in [2.45, 2.75) is 35.8 Å². The third kappa shape index (κ3) is 5.22. The van der Waals surface area contributed by atoms with Gasteiger partial charge in [-0.2, -0.15) is 0 Å². The smallest absolute Gasteiger partial charge is 0.243 e. The summed E-state index contributed by atoms with van der Waals surface area (Å²) in [4.78, 5) is 12.7. The van der Waals surface area contributed by atoms with Gasteiger partial charge in [-0.15, -0.1) is 0 Å². The SMILES string of the molecule is COc1cc(NC(=O)CNc2cccc(S(=O)(=O)C3CCCC3)c2)cc(OC)c1OC. The average molecular weight is 449 g/mol. The average Bonchev–Trinajstić information content (AvgIpc) is 3.33. The first-order valence-electron chi connectivity index (χ1n) is 10.1. The minimum Gasteiger partial charge on any atom is -0.493 e. The Bertz CT molecular complexity index is 1010. The van der Waals surface area contributed by atoms with Crippen LogP contribution in [0.5, 0.6) is 17.2 Å². The van der Waals surface area contributed by atoms with Gasteiger partial charge in [-0.1, -0.05) is 18.9 Å². The van der Waals surface area contributed by atoms with E-state index in [0.717, 1.165) is 12.8 Å². The van der Waals surface area contributed by atoms with Gasteiger partial charge in [0, 0.05) is 23.5 Å². The van der Waals surface area contributed by atoms with Crippen LogP contribution in [0.2, 0.25) is 0 Å². The lowest BCUT2D eigenvalue weighted by Crippen LogP contribution is -2.22. The van der Waals surface area contributed by atoms with Gasteiger partial charge >= 0.3 is 0 Å². The van der Waals surface area contributed by atoms with E-state index in [2.05, 4.69) is 10.6 Å². The molecule has 2 N–H and O–H groups in total. The van der Waals surface area contributed by atoms with Gasteiger partial charge in [0.05, 0.1) is 38.0 Å². The molecule has 0 aromatic heterocycles. The topological polar surface area (TPSA) is 103 Å². The van der Waals surface area contributed by atoms with Crippen LogP contribution in [0.1, 0.15) is 25.7 Å². The Balaban J connectivity index is 1.66. The minimum atomic E-state index is -3.35. The molecule has 1 aliphatic carbocycles. The van der Waals surface area contributed by atoms with Gasteiger partial charge in [0.25, 0.3) is 0 Å². The molecule has 1 saturated carbocycles. The van der Waals surface area contributed by atoms with E-state index in [4.69, 9.17) is 14.2 Å². The largest absolute Gasteiger partial charge is 0.493 e. The summed E-state index contributed by atoms with van der Waals surface area (Å²) in [5, 5.41) is 5.44. The molecule has 0 atom stereocenters. The lowest BCUT2D eigenvalue weighted by molar-refractivity contribution is -0.114. The number of benzene rings is 2. The van der Waals surface area contributed by atoms with E-state index < -0.39 is 9.84 Å². The predicted molar refractivity (Wildman–Crippen MR) is 119 cm³/mol. The van der Waals surface area contributed by atoms with Crippen molar-refractivity contribution in [1.82, 2.24) is 0 Å². The van der Waals surface area contributed by atoms with Gasteiger partial charge in [0.1, 0.15) is 0 Å². The highest BCUT2D eigenvalue weighted by Crippen LogP contribution is 2.40. The van der Waals surface area contributed by atoms with Crippen molar-refractivity contribution >= 4 is 27.1 Å². The molecule has 0 aliphatic heterocycles.